The zero-order chi connectivity index (χ0) is 13.5. The molecule has 0 rings (SSSR count). The topological polar surface area (TPSA) is 40.5 Å². The second-order valence-electron chi connectivity index (χ2n) is 5.60. The average Bonchev–Trinajstić information content (AvgIpc) is 2.15. The summed E-state index contributed by atoms with van der Waals surface area (Å²) in [7, 11) is 0. The van der Waals surface area contributed by atoms with Gasteiger partial charge in [-0.15, -0.1) is 0 Å². The predicted molar refractivity (Wildman–Crippen MR) is 74.1 cm³/mol. The van der Waals surface area contributed by atoms with Gasteiger partial charge in [0.05, 0.1) is 11.4 Å². The molecule has 0 amide bonds. The van der Waals surface area contributed by atoms with Crippen LogP contribution in [0.1, 0.15) is 59.8 Å². The Labute approximate surface area is 106 Å². The SMILES string of the molecule is C=C(O)C(C)CCCC(C)(O)CCC=C(C)C. The van der Waals surface area contributed by atoms with E-state index in [-0.39, 0.29) is 11.7 Å². The third kappa shape index (κ3) is 8.99. The molecule has 0 aliphatic rings. The van der Waals surface area contributed by atoms with E-state index in [1.165, 1.54) is 5.57 Å². The molecular formula is C15H28O2. The number of aliphatic hydroxyl groups excluding tert-OH is 1. The van der Waals surface area contributed by atoms with Gasteiger partial charge >= 0.3 is 0 Å². The molecule has 17 heavy (non-hydrogen) atoms. The van der Waals surface area contributed by atoms with Crippen LogP contribution in [0.25, 0.3) is 0 Å². The molecule has 0 bridgehead atoms. The monoisotopic (exact) mass is 240 g/mol. The van der Waals surface area contributed by atoms with Crippen LogP contribution in [0, 0.1) is 5.92 Å². The van der Waals surface area contributed by atoms with Crippen LogP contribution in [0.4, 0.5) is 0 Å². The van der Waals surface area contributed by atoms with Crippen molar-refractivity contribution in [3.8, 4) is 0 Å². The van der Waals surface area contributed by atoms with Crippen LogP contribution in [0.2, 0.25) is 0 Å². The first-order valence-electron chi connectivity index (χ1n) is 6.48. The summed E-state index contributed by atoms with van der Waals surface area (Å²) in [4.78, 5) is 0. The third-order valence-electron chi connectivity index (χ3n) is 3.16. The van der Waals surface area contributed by atoms with Gasteiger partial charge in [0.2, 0.25) is 0 Å². The molecule has 0 aromatic rings. The van der Waals surface area contributed by atoms with Gasteiger partial charge in [-0.25, -0.2) is 0 Å². The Hall–Kier alpha value is -0.760. The van der Waals surface area contributed by atoms with E-state index < -0.39 is 5.60 Å². The van der Waals surface area contributed by atoms with E-state index >= 15 is 0 Å². The largest absolute Gasteiger partial charge is 0.513 e. The van der Waals surface area contributed by atoms with E-state index in [1.807, 2.05) is 13.8 Å². The highest BCUT2D eigenvalue weighted by Gasteiger charge is 2.19. The molecule has 2 N–H and O–H groups in total. The molecule has 0 radical (unpaired) electrons. The minimum atomic E-state index is -0.595. The van der Waals surface area contributed by atoms with Gasteiger partial charge in [0.1, 0.15) is 0 Å². The number of rotatable bonds is 8. The van der Waals surface area contributed by atoms with Gasteiger partial charge in [-0.1, -0.05) is 25.2 Å². The van der Waals surface area contributed by atoms with Gasteiger partial charge < -0.3 is 10.2 Å². The fourth-order valence-electron chi connectivity index (χ4n) is 1.75. The van der Waals surface area contributed by atoms with Crippen molar-refractivity contribution in [2.75, 3.05) is 0 Å². The van der Waals surface area contributed by atoms with E-state index in [4.69, 9.17) is 0 Å². The summed E-state index contributed by atoms with van der Waals surface area (Å²) in [6.07, 6.45) is 6.47. The first-order valence-corrected chi connectivity index (χ1v) is 6.48. The van der Waals surface area contributed by atoms with Crippen molar-refractivity contribution in [1.82, 2.24) is 0 Å². The molecule has 2 atom stereocenters. The van der Waals surface area contributed by atoms with Crippen LogP contribution in [0.15, 0.2) is 24.0 Å². The Kier molecular flexibility index (Phi) is 7.21. The van der Waals surface area contributed by atoms with Gasteiger partial charge in [0.25, 0.3) is 0 Å². The van der Waals surface area contributed by atoms with Gasteiger partial charge in [0, 0.05) is 5.92 Å². The standard InChI is InChI=1S/C15H28O2/c1-12(2)8-6-10-15(5,17)11-7-9-13(3)14(4)16/h8,13,16-17H,4,6-7,9-11H2,1-3,5H3. The predicted octanol–water partition coefficient (Wildman–Crippen LogP) is 4.36. The Balaban J connectivity index is 3.85. The molecule has 0 heterocycles. The first-order chi connectivity index (χ1) is 7.74. The molecule has 2 heteroatoms. The summed E-state index contributed by atoms with van der Waals surface area (Å²) in [6, 6.07) is 0. The molecule has 0 saturated heterocycles. The quantitative estimate of drug-likeness (QED) is 0.489. The summed E-state index contributed by atoms with van der Waals surface area (Å²) in [5.41, 5.74) is 0.702. The highest BCUT2D eigenvalue weighted by Crippen LogP contribution is 2.23. The van der Waals surface area contributed by atoms with E-state index in [9.17, 15) is 10.2 Å². The number of allylic oxidation sites excluding steroid dienone is 3. The van der Waals surface area contributed by atoms with Crippen molar-refractivity contribution < 1.29 is 10.2 Å². The lowest BCUT2D eigenvalue weighted by Gasteiger charge is -2.23. The van der Waals surface area contributed by atoms with Crippen LogP contribution in [-0.4, -0.2) is 15.8 Å². The summed E-state index contributed by atoms with van der Waals surface area (Å²) in [5.74, 6) is 0.373. The molecule has 0 spiro atoms. The zero-order valence-corrected chi connectivity index (χ0v) is 11.8. The highest BCUT2D eigenvalue weighted by molar-refractivity contribution is 4.94. The van der Waals surface area contributed by atoms with Crippen molar-refractivity contribution in [3.63, 3.8) is 0 Å². The molecule has 0 aliphatic heterocycles. The summed E-state index contributed by atoms with van der Waals surface area (Å²) < 4.78 is 0. The summed E-state index contributed by atoms with van der Waals surface area (Å²) >= 11 is 0. The smallest absolute Gasteiger partial charge is 0.0879 e. The molecule has 0 aromatic heterocycles. The lowest BCUT2D eigenvalue weighted by molar-refractivity contribution is 0.0393. The van der Waals surface area contributed by atoms with Gasteiger partial charge in [-0.3, -0.25) is 0 Å². The third-order valence-corrected chi connectivity index (χ3v) is 3.16. The van der Waals surface area contributed by atoms with Crippen LogP contribution in [0.3, 0.4) is 0 Å². The Bertz CT molecular complexity index is 260. The van der Waals surface area contributed by atoms with Crippen LogP contribution in [0.5, 0.6) is 0 Å². The number of aliphatic hydroxyl groups is 2. The Morgan fingerprint density at radius 1 is 1.35 bits per heavy atom. The van der Waals surface area contributed by atoms with E-state index in [0.717, 1.165) is 32.1 Å². The Morgan fingerprint density at radius 2 is 1.94 bits per heavy atom. The minimum absolute atomic E-state index is 0.128. The molecule has 2 nitrogen and oxygen atoms in total. The van der Waals surface area contributed by atoms with Crippen LogP contribution >= 0.6 is 0 Å². The molecular weight excluding hydrogens is 212 g/mol. The fraction of sp³-hybridized carbons (Fsp3) is 0.733. The molecule has 0 fully saturated rings. The fourth-order valence-corrected chi connectivity index (χ4v) is 1.75. The molecule has 0 aromatic carbocycles. The van der Waals surface area contributed by atoms with Crippen molar-refractivity contribution in [3.05, 3.63) is 24.0 Å². The second-order valence-corrected chi connectivity index (χ2v) is 5.60. The maximum Gasteiger partial charge on any atom is 0.0879 e. The van der Waals surface area contributed by atoms with E-state index in [2.05, 4.69) is 26.5 Å². The Morgan fingerprint density at radius 3 is 2.41 bits per heavy atom. The maximum absolute atomic E-state index is 10.2. The zero-order valence-electron chi connectivity index (χ0n) is 11.8. The van der Waals surface area contributed by atoms with Gasteiger partial charge in [0.15, 0.2) is 0 Å². The summed E-state index contributed by atoms with van der Waals surface area (Å²) in [6.45, 7) is 11.5. The minimum Gasteiger partial charge on any atom is -0.513 e. The number of hydrogen-bond donors (Lipinski definition) is 2. The van der Waals surface area contributed by atoms with E-state index in [0.29, 0.717) is 0 Å². The first kappa shape index (κ1) is 16.2. The maximum atomic E-state index is 10.2. The van der Waals surface area contributed by atoms with Crippen molar-refractivity contribution in [1.29, 1.82) is 0 Å². The summed E-state index contributed by atoms with van der Waals surface area (Å²) in [5, 5.41) is 19.4. The van der Waals surface area contributed by atoms with Gasteiger partial charge in [-0.2, -0.15) is 0 Å². The van der Waals surface area contributed by atoms with Crippen molar-refractivity contribution >= 4 is 0 Å². The second kappa shape index (κ2) is 7.54. The lowest BCUT2D eigenvalue weighted by Crippen LogP contribution is -2.23. The lowest BCUT2D eigenvalue weighted by atomic mass is 9.91. The van der Waals surface area contributed by atoms with E-state index in [1.54, 1.807) is 0 Å². The molecule has 100 valence electrons. The highest BCUT2D eigenvalue weighted by atomic mass is 16.3. The number of hydrogen-bond acceptors (Lipinski definition) is 2. The van der Waals surface area contributed by atoms with Crippen molar-refractivity contribution in [2.45, 2.75) is 65.4 Å². The molecule has 0 saturated carbocycles. The van der Waals surface area contributed by atoms with Crippen LogP contribution in [-0.2, 0) is 0 Å². The van der Waals surface area contributed by atoms with Gasteiger partial charge in [-0.05, 0) is 52.9 Å². The average molecular weight is 240 g/mol. The van der Waals surface area contributed by atoms with Crippen LogP contribution < -0.4 is 0 Å². The molecule has 2 unspecified atom stereocenters. The normalized spacial score (nSPS) is 16.1. The molecule has 0 aliphatic carbocycles. The van der Waals surface area contributed by atoms with Crippen molar-refractivity contribution in [2.24, 2.45) is 5.92 Å².